The molecule has 0 aliphatic carbocycles. The summed E-state index contributed by atoms with van der Waals surface area (Å²) in [4.78, 5) is 25.7. The van der Waals surface area contributed by atoms with E-state index in [1.807, 2.05) is 50.4 Å². The van der Waals surface area contributed by atoms with Gasteiger partial charge in [-0.3, -0.25) is 9.59 Å². The fraction of sp³-hybridized carbons (Fsp3) is 0.250. The van der Waals surface area contributed by atoms with Gasteiger partial charge in [0, 0.05) is 19.7 Å². The number of hydrogen-bond acceptors (Lipinski definition) is 4. The number of nitrogens with zero attached hydrogens (tertiary/aromatic N) is 3. The lowest BCUT2D eigenvalue weighted by Gasteiger charge is -2.28. The summed E-state index contributed by atoms with van der Waals surface area (Å²) in [6.45, 7) is 3.97. The van der Waals surface area contributed by atoms with Gasteiger partial charge in [-0.15, -0.1) is 0 Å². The number of amides is 2. The molecule has 1 atom stereocenters. The quantitative estimate of drug-likeness (QED) is 0.297. The van der Waals surface area contributed by atoms with Crippen LogP contribution in [0.4, 0.5) is 0 Å². The van der Waals surface area contributed by atoms with E-state index in [1.54, 1.807) is 12.1 Å². The van der Waals surface area contributed by atoms with Crippen LogP contribution in [-0.2, 0) is 4.79 Å². The van der Waals surface area contributed by atoms with Crippen LogP contribution in [0.25, 0.3) is 22.3 Å². The van der Waals surface area contributed by atoms with Gasteiger partial charge in [-0.25, -0.2) is 10.0 Å². The summed E-state index contributed by atoms with van der Waals surface area (Å²) in [6, 6.07) is 25.1. The maximum absolute atomic E-state index is 12.9. The number of benzene rings is 3. The third kappa shape index (κ3) is 6.02. The van der Waals surface area contributed by atoms with Crippen LogP contribution < -0.4 is 5.32 Å². The minimum absolute atomic E-state index is 0.191. The van der Waals surface area contributed by atoms with Gasteiger partial charge in [0.1, 0.15) is 6.04 Å². The van der Waals surface area contributed by atoms with Crippen LogP contribution >= 0.6 is 0 Å². The third-order valence-electron chi connectivity index (χ3n) is 5.70. The molecule has 2 amide bonds. The number of carbonyl (C=O) groups excluding carboxylic acids is 2. The number of rotatable bonds is 8. The Morgan fingerprint density at radius 2 is 1.29 bits per heavy atom. The largest absolute Gasteiger partial charge is 0.340 e. The molecule has 0 aromatic heterocycles. The molecule has 0 fully saturated rings. The van der Waals surface area contributed by atoms with E-state index in [0.29, 0.717) is 12.0 Å². The fourth-order valence-electron chi connectivity index (χ4n) is 3.67. The summed E-state index contributed by atoms with van der Waals surface area (Å²) in [5.41, 5.74) is 4.84. The lowest BCUT2D eigenvalue weighted by molar-refractivity contribution is -0.142. The van der Waals surface area contributed by atoms with E-state index in [0.717, 1.165) is 27.3 Å². The van der Waals surface area contributed by atoms with Crippen molar-refractivity contribution in [3.05, 3.63) is 84.4 Å². The molecule has 3 rings (SSSR count). The van der Waals surface area contributed by atoms with Crippen LogP contribution in [0, 0.1) is 17.4 Å². The molecular formula is C28H30N4O2. The first kappa shape index (κ1) is 24.5. The minimum Gasteiger partial charge on any atom is -0.340 e. The predicted octanol–water partition coefficient (Wildman–Crippen LogP) is 4.95. The van der Waals surface area contributed by atoms with Gasteiger partial charge in [-0.2, -0.15) is 5.26 Å². The number of nitriles is 1. The number of hydrogen-bond donors (Lipinski definition) is 1. The molecule has 34 heavy (non-hydrogen) atoms. The number of carbonyl (C=O) groups is 2. The highest BCUT2D eigenvalue weighted by Gasteiger charge is 2.27. The Morgan fingerprint density at radius 1 is 0.824 bits per heavy atom. The smallest absolute Gasteiger partial charge is 0.263 e. The van der Waals surface area contributed by atoms with Gasteiger partial charge in [-0.05, 0) is 46.7 Å². The predicted molar refractivity (Wildman–Crippen MR) is 134 cm³/mol. The Labute approximate surface area is 201 Å². The average Bonchev–Trinajstić information content (AvgIpc) is 2.87. The second kappa shape index (κ2) is 11.2. The average molecular weight is 455 g/mol. The molecule has 3 aromatic rings. The van der Waals surface area contributed by atoms with E-state index in [1.165, 1.54) is 19.1 Å². The van der Waals surface area contributed by atoms with Crippen LogP contribution in [0.2, 0.25) is 0 Å². The molecule has 1 unspecified atom stereocenters. The molecular weight excluding hydrogens is 424 g/mol. The zero-order chi connectivity index (χ0) is 24.7. The van der Waals surface area contributed by atoms with Crippen molar-refractivity contribution in [2.75, 3.05) is 14.1 Å². The zero-order valence-electron chi connectivity index (χ0n) is 20.0. The topological polar surface area (TPSA) is 76.4 Å². The highest BCUT2D eigenvalue weighted by Crippen LogP contribution is 2.25. The van der Waals surface area contributed by atoms with E-state index in [4.69, 9.17) is 5.26 Å². The van der Waals surface area contributed by atoms with Gasteiger partial charge < -0.3 is 5.32 Å². The highest BCUT2D eigenvalue weighted by molar-refractivity contribution is 5.97. The Balaban J connectivity index is 1.72. The van der Waals surface area contributed by atoms with Crippen molar-refractivity contribution < 1.29 is 9.59 Å². The Hall–Kier alpha value is -4.11. The van der Waals surface area contributed by atoms with Crippen molar-refractivity contribution >= 4 is 11.8 Å². The second-order valence-electron chi connectivity index (χ2n) is 8.66. The standard InChI is InChI=1S/C28H30N4O2/c1-20(2)18-26(28(34)32(4)31(3)19-29)30-27(33)25-16-14-24(15-17-25)23-12-10-22(11-13-23)21-8-6-5-7-9-21/h5-17,20,26H,18H2,1-4H3,(H,30,33). The number of hydrazine groups is 1. The van der Waals surface area contributed by atoms with Crippen molar-refractivity contribution in [2.45, 2.75) is 26.3 Å². The van der Waals surface area contributed by atoms with Gasteiger partial charge in [0.15, 0.2) is 6.19 Å². The second-order valence-corrected chi connectivity index (χ2v) is 8.66. The van der Waals surface area contributed by atoms with Gasteiger partial charge in [-0.1, -0.05) is 80.6 Å². The monoisotopic (exact) mass is 454 g/mol. The number of likely N-dealkylation sites (N-methyl/N-ethyl adjacent to an activating group) is 1. The van der Waals surface area contributed by atoms with Gasteiger partial charge in [0.25, 0.3) is 11.8 Å². The van der Waals surface area contributed by atoms with Crippen molar-refractivity contribution in [3.63, 3.8) is 0 Å². The molecule has 0 aliphatic heterocycles. The highest BCUT2D eigenvalue weighted by atomic mass is 16.2. The summed E-state index contributed by atoms with van der Waals surface area (Å²) in [6.07, 6.45) is 2.37. The van der Waals surface area contributed by atoms with Gasteiger partial charge in [0.2, 0.25) is 0 Å². The van der Waals surface area contributed by atoms with Gasteiger partial charge >= 0.3 is 0 Å². The molecule has 1 N–H and O–H groups in total. The number of nitrogens with one attached hydrogen (secondary N) is 1. The molecule has 6 heteroatoms. The van der Waals surface area contributed by atoms with Crippen LogP contribution in [0.1, 0.15) is 30.6 Å². The first-order valence-corrected chi connectivity index (χ1v) is 11.3. The van der Waals surface area contributed by atoms with E-state index in [-0.39, 0.29) is 17.7 Å². The van der Waals surface area contributed by atoms with E-state index in [2.05, 4.69) is 41.7 Å². The van der Waals surface area contributed by atoms with Crippen molar-refractivity contribution in [2.24, 2.45) is 5.92 Å². The normalized spacial score (nSPS) is 11.4. The summed E-state index contributed by atoms with van der Waals surface area (Å²) in [7, 11) is 3.01. The summed E-state index contributed by atoms with van der Waals surface area (Å²) >= 11 is 0. The summed E-state index contributed by atoms with van der Waals surface area (Å²) in [5, 5.41) is 14.3. The Morgan fingerprint density at radius 3 is 1.76 bits per heavy atom. The third-order valence-corrected chi connectivity index (χ3v) is 5.70. The molecule has 0 spiro atoms. The van der Waals surface area contributed by atoms with Crippen molar-refractivity contribution in [1.82, 2.24) is 15.3 Å². The van der Waals surface area contributed by atoms with Crippen LogP contribution in [0.3, 0.4) is 0 Å². The van der Waals surface area contributed by atoms with Crippen LogP contribution in [-0.4, -0.2) is 42.0 Å². The summed E-state index contributed by atoms with van der Waals surface area (Å²) < 4.78 is 0. The molecule has 0 radical (unpaired) electrons. The fourth-order valence-corrected chi connectivity index (χ4v) is 3.67. The molecule has 0 bridgehead atoms. The van der Waals surface area contributed by atoms with E-state index < -0.39 is 6.04 Å². The first-order chi connectivity index (χ1) is 16.3. The molecule has 3 aromatic carbocycles. The lowest BCUT2D eigenvalue weighted by atomic mass is 9.99. The van der Waals surface area contributed by atoms with Crippen LogP contribution in [0.15, 0.2) is 78.9 Å². The summed E-state index contributed by atoms with van der Waals surface area (Å²) in [5.74, 6) is -0.463. The molecule has 0 saturated heterocycles. The maximum Gasteiger partial charge on any atom is 0.263 e. The molecule has 0 heterocycles. The Bertz CT molecular complexity index is 1150. The molecule has 0 aliphatic rings. The van der Waals surface area contributed by atoms with Crippen molar-refractivity contribution in [1.29, 1.82) is 5.26 Å². The Kier molecular flexibility index (Phi) is 8.05. The molecule has 174 valence electrons. The molecule has 0 saturated carbocycles. The van der Waals surface area contributed by atoms with Gasteiger partial charge in [0.05, 0.1) is 0 Å². The lowest BCUT2D eigenvalue weighted by Crippen LogP contribution is -2.51. The zero-order valence-corrected chi connectivity index (χ0v) is 20.0. The van der Waals surface area contributed by atoms with E-state index >= 15 is 0 Å². The van der Waals surface area contributed by atoms with Crippen LogP contribution in [0.5, 0.6) is 0 Å². The first-order valence-electron chi connectivity index (χ1n) is 11.3. The maximum atomic E-state index is 12.9. The van der Waals surface area contributed by atoms with E-state index in [9.17, 15) is 9.59 Å². The van der Waals surface area contributed by atoms with Crippen molar-refractivity contribution in [3.8, 4) is 28.4 Å². The SMILES string of the molecule is CC(C)CC(NC(=O)c1ccc(-c2ccc(-c3ccccc3)cc2)cc1)C(=O)N(C)N(C)C#N. The molecule has 6 nitrogen and oxygen atoms in total. The minimum atomic E-state index is -0.724.